The number of nitrogens with one attached hydrogen (secondary N) is 1. The second-order valence-corrected chi connectivity index (χ2v) is 4.82. The van der Waals surface area contributed by atoms with Crippen LogP contribution in [0.3, 0.4) is 0 Å². The molecular weight excluding hydrogens is 226 g/mol. The fraction of sp³-hybridized carbons (Fsp3) is 0.286. The maximum atomic E-state index is 11.1. The molecule has 1 fully saturated rings. The van der Waals surface area contributed by atoms with Crippen LogP contribution in [0.25, 0.3) is 11.1 Å². The van der Waals surface area contributed by atoms with Gasteiger partial charge in [-0.1, -0.05) is 12.1 Å². The molecule has 3 rings (SSSR count). The van der Waals surface area contributed by atoms with Crippen molar-refractivity contribution in [3.8, 4) is 11.1 Å². The zero-order chi connectivity index (χ0) is 12.7. The normalized spacial score (nSPS) is 14.7. The van der Waals surface area contributed by atoms with Crippen molar-refractivity contribution in [3.05, 3.63) is 41.2 Å². The SMILES string of the molecule is Cc1[nH]nc(C2CC2)c1-c1ccc(C(N)=O)cc1. The molecule has 1 amide bonds. The molecule has 1 aliphatic carbocycles. The molecule has 2 aromatic rings. The number of aromatic nitrogens is 2. The van der Waals surface area contributed by atoms with Crippen LogP contribution in [0.1, 0.15) is 40.5 Å². The number of aryl methyl sites for hydroxylation is 1. The molecule has 1 saturated carbocycles. The summed E-state index contributed by atoms with van der Waals surface area (Å²) in [5.74, 6) is 0.202. The first kappa shape index (κ1) is 11.0. The number of H-pyrrole nitrogens is 1. The van der Waals surface area contributed by atoms with E-state index >= 15 is 0 Å². The number of nitrogens with zero attached hydrogens (tertiary/aromatic N) is 1. The minimum Gasteiger partial charge on any atom is -0.366 e. The molecule has 0 radical (unpaired) electrons. The van der Waals surface area contributed by atoms with Crippen molar-refractivity contribution in [3.63, 3.8) is 0 Å². The Labute approximate surface area is 105 Å². The number of primary amides is 1. The van der Waals surface area contributed by atoms with Gasteiger partial charge in [0.25, 0.3) is 0 Å². The molecule has 92 valence electrons. The lowest BCUT2D eigenvalue weighted by atomic mass is 10.00. The van der Waals surface area contributed by atoms with Gasteiger partial charge in [-0.3, -0.25) is 9.89 Å². The van der Waals surface area contributed by atoms with Gasteiger partial charge in [0.15, 0.2) is 0 Å². The van der Waals surface area contributed by atoms with Gasteiger partial charge in [-0.25, -0.2) is 0 Å². The van der Waals surface area contributed by atoms with E-state index in [2.05, 4.69) is 10.2 Å². The lowest BCUT2D eigenvalue weighted by Gasteiger charge is -2.04. The molecule has 3 N–H and O–H groups in total. The maximum absolute atomic E-state index is 11.1. The van der Waals surface area contributed by atoms with Gasteiger partial charge in [0.1, 0.15) is 0 Å². The molecule has 0 spiro atoms. The maximum Gasteiger partial charge on any atom is 0.248 e. The quantitative estimate of drug-likeness (QED) is 0.865. The van der Waals surface area contributed by atoms with E-state index in [9.17, 15) is 4.79 Å². The number of aromatic amines is 1. The van der Waals surface area contributed by atoms with E-state index in [-0.39, 0.29) is 0 Å². The summed E-state index contributed by atoms with van der Waals surface area (Å²) in [6, 6.07) is 7.40. The molecule has 18 heavy (non-hydrogen) atoms. The van der Waals surface area contributed by atoms with E-state index in [0.29, 0.717) is 11.5 Å². The third-order valence-electron chi connectivity index (χ3n) is 3.40. The Morgan fingerprint density at radius 2 is 2.00 bits per heavy atom. The summed E-state index contributed by atoms with van der Waals surface area (Å²) in [6.45, 7) is 2.02. The van der Waals surface area contributed by atoms with Crippen LogP contribution in [0, 0.1) is 6.92 Å². The number of carbonyl (C=O) groups is 1. The van der Waals surface area contributed by atoms with Gasteiger partial charge in [-0.05, 0) is 37.5 Å². The zero-order valence-corrected chi connectivity index (χ0v) is 10.2. The number of nitrogens with two attached hydrogens (primary N) is 1. The second kappa shape index (κ2) is 3.98. The van der Waals surface area contributed by atoms with Crippen molar-refractivity contribution in [2.45, 2.75) is 25.7 Å². The van der Waals surface area contributed by atoms with E-state index < -0.39 is 5.91 Å². The molecule has 1 aromatic heterocycles. The molecular formula is C14H15N3O. The Morgan fingerprint density at radius 3 is 2.56 bits per heavy atom. The Kier molecular flexibility index (Phi) is 2.44. The van der Waals surface area contributed by atoms with E-state index in [1.54, 1.807) is 12.1 Å². The summed E-state index contributed by atoms with van der Waals surface area (Å²) in [7, 11) is 0. The van der Waals surface area contributed by atoms with Crippen molar-refractivity contribution in [1.29, 1.82) is 0 Å². The largest absolute Gasteiger partial charge is 0.366 e. The third-order valence-corrected chi connectivity index (χ3v) is 3.40. The molecule has 1 aromatic carbocycles. The minimum absolute atomic E-state index is 0.395. The lowest BCUT2D eigenvalue weighted by Crippen LogP contribution is -2.10. The summed E-state index contributed by atoms with van der Waals surface area (Å²) in [5.41, 5.74) is 10.3. The summed E-state index contributed by atoms with van der Waals surface area (Å²) in [4.78, 5) is 11.1. The van der Waals surface area contributed by atoms with Crippen molar-refractivity contribution < 1.29 is 4.79 Å². The molecule has 0 atom stereocenters. The van der Waals surface area contributed by atoms with E-state index in [0.717, 1.165) is 17.0 Å². The molecule has 1 aliphatic rings. The van der Waals surface area contributed by atoms with Gasteiger partial charge >= 0.3 is 0 Å². The van der Waals surface area contributed by atoms with Crippen LogP contribution in [0.5, 0.6) is 0 Å². The second-order valence-electron chi connectivity index (χ2n) is 4.82. The topological polar surface area (TPSA) is 71.8 Å². The van der Waals surface area contributed by atoms with E-state index in [1.807, 2.05) is 19.1 Å². The molecule has 1 heterocycles. The third kappa shape index (κ3) is 1.79. The highest BCUT2D eigenvalue weighted by Gasteiger charge is 2.29. The summed E-state index contributed by atoms with van der Waals surface area (Å²) in [6.07, 6.45) is 2.44. The molecule has 4 nitrogen and oxygen atoms in total. The van der Waals surface area contributed by atoms with Crippen LogP contribution in [-0.4, -0.2) is 16.1 Å². The fourth-order valence-electron chi connectivity index (χ4n) is 2.27. The van der Waals surface area contributed by atoms with Gasteiger partial charge in [-0.15, -0.1) is 0 Å². The molecule has 0 saturated heterocycles. The van der Waals surface area contributed by atoms with Gasteiger partial charge in [0.05, 0.1) is 5.69 Å². The van der Waals surface area contributed by atoms with Gasteiger partial charge in [0.2, 0.25) is 5.91 Å². The van der Waals surface area contributed by atoms with Gasteiger partial charge in [0, 0.05) is 22.7 Å². The molecule has 4 heteroatoms. The van der Waals surface area contributed by atoms with Crippen molar-refractivity contribution in [2.75, 3.05) is 0 Å². The molecule has 0 bridgehead atoms. The predicted octanol–water partition coefficient (Wildman–Crippen LogP) is 2.36. The zero-order valence-electron chi connectivity index (χ0n) is 10.2. The Morgan fingerprint density at radius 1 is 1.33 bits per heavy atom. The number of hydrogen-bond donors (Lipinski definition) is 2. The van der Waals surface area contributed by atoms with Crippen molar-refractivity contribution >= 4 is 5.91 Å². The summed E-state index contributed by atoms with van der Waals surface area (Å²) >= 11 is 0. The number of hydrogen-bond acceptors (Lipinski definition) is 2. The molecule has 0 unspecified atom stereocenters. The summed E-state index contributed by atoms with van der Waals surface area (Å²) < 4.78 is 0. The highest BCUT2D eigenvalue weighted by molar-refractivity contribution is 5.93. The first-order chi connectivity index (χ1) is 8.66. The van der Waals surface area contributed by atoms with Crippen LogP contribution in [-0.2, 0) is 0 Å². The average Bonchev–Trinajstić information content (AvgIpc) is 3.13. The highest BCUT2D eigenvalue weighted by Crippen LogP contribution is 2.44. The Balaban J connectivity index is 2.03. The fourth-order valence-corrected chi connectivity index (χ4v) is 2.27. The van der Waals surface area contributed by atoms with E-state index in [4.69, 9.17) is 5.73 Å². The van der Waals surface area contributed by atoms with Crippen LogP contribution >= 0.6 is 0 Å². The predicted molar refractivity (Wildman–Crippen MR) is 69.3 cm³/mol. The van der Waals surface area contributed by atoms with Gasteiger partial charge in [-0.2, -0.15) is 5.10 Å². The van der Waals surface area contributed by atoms with Crippen LogP contribution in [0.2, 0.25) is 0 Å². The Hall–Kier alpha value is -2.10. The molecule has 0 aliphatic heterocycles. The van der Waals surface area contributed by atoms with Crippen molar-refractivity contribution in [2.24, 2.45) is 5.73 Å². The van der Waals surface area contributed by atoms with Crippen LogP contribution in [0.4, 0.5) is 0 Å². The van der Waals surface area contributed by atoms with Crippen LogP contribution in [0.15, 0.2) is 24.3 Å². The Bertz CT molecular complexity index is 594. The smallest absolute Gasteiger partial charge is 0.248 e. The number of amides is 1. The van der Waals surface area contributed by atoms with Gasteiger partial charge < -0.3 is 5.73 Å². The first-order valence-electron chi connectivity index (χ1n) is 6.12. The number of rotatable bonds is 3. The van der Waals surface area contributed by atoms with E-state index in [1.165, 1.54) is 18.4 Å². The minimum atomic E-state index is -0.395. The lowest BCUT2D eigenvalue weighted by molar-refractivity contribution is 0.100. The average molecular weight is 241 g/mol. The first-order valence-corrected chi connectivity index (χ1v) is 6.12. The monoisotopic (exact) mass is 241 g/mol. The summed E-state index contributed by atoms with van der Waals surface area (Å²) in [5, 5.41) is 7.45. The van der Waals surface area contributed by atoms with Crippen LogP contribution < -0.4 is 5.73 Å². The number of carbonyl (C=O) groups excluding carboxylic acids is 1. The van der Waals surface area contributed by atoms with Crippen molar-refractivity contribution in [1.82, 2.24) is 10.2 Å². The number of benzene rings is 1. The standard InChI is InChI=1S/C14H15N3O/c1-8-12(13(17-16-8)10-4-5-10)9-2-6-11(7-3-9)14(15)18/h2-3,6-7,10H,4-5H2,1H3,(H2,15,18)(H,16,17). The highest BCUT2D eigenvalue weighted by atomic mass is 16.1.